The highest BCUT2D eigenvalue weighted by molar-refractivity contribution is 6.34. The van der Waals surface area contributed by atoms with Crippen LogP contribution in [0.25, 0.3) is 0 Å². The summed E-state index contributed by atoms with van der Waals surface area (Å²) in [5.74, 6) is -0.646. The Labute approximate surface area is 139 Å². The minimum absolute atomic E-state index is 0.0246. The summed E-state index contributed by atoms with van der Waals surface area (Å²) >= 11 is 0. The highest BCUT2D eigenvalue weighted by atomic mass is 16.2. The maximum Gasteiger partial charge on any atom is 0.266 e. The molecule has 4 rings (SSSR count). The average Bonchev–Trinajstić information content (AvgIpc) is 2.83. The molecule has 120 valence electrons. The van der Waals surface area contributed by atoms with Crippen molar-refractivity contribution in [3.63, 3.8) is 0 Å². The third-order valence-electron chi connectivity index (χ3n) is 4.82. The predicted octanol–water partition coefficient (Wildman–Crippen LogP) is 2.39. The molecule has 0 atom stereocenters. The van der Waals surface area contributed by atoms with Gasteiger partial charge in [0.15, 0.2) is 0 Å². The van der Waals surface area contributed by atoms with E-state index in [-0.39, 0.29) is 17.7 Å². The van der Waals surface area contributed by atoms with Crippen LogP contribution in [0.5, 0.6) is 0 Å². The molecular formula is C19H16N2O3. The zero-order valence-electron chi connectivity index (χ0n) is 13.4. The smallest absolute Gasteiger partial charge is 0.266 e. The van der Waals surface area contributed by atoms with E-state index in [0.29, 0.717) is 23.4 Å². The lowest BCUT2D eigenvalue weighted by molar-refractivity contribution is -0.126. The summed E-state index contributed by atoms with van der Waals surface area (Å²) in [6.45, 7) is 4.12. The van der Waals surface area contributed by atoms with Crippen LogP contribution in [0, 0.1) is 0 Å². The van der Waals surface area contributed by atoms with Crippen LogP contribution in [0.1, 0.15) is 45.7 Å². The molecule has 3 amide bonds. The van der Waals surface area contributed by atoms with Gasteiger partial charge >= 0.3 is 0 Å². The van der Waals surface area contributed by atoms with Gasteiger partial charge in [0, 0.05) is 6.54 Å². The molecule has 0 aliphatic carbocycles. The lowest BCUT2D eigenvalue weighted by Gasteiger charge is -2.32. The van der Waals surface area contributed by atoms with Gasteiger partial charge in [0.05, 0.1) is 22.2 Å². The van der Waals surface area contributed by atoms with Crippen molar-refractivity contribution < 1.29 is 14.4 Å². The Bertz CT molecular complexity index is 880. The van der Waals surface area contributed by atoms with Crippen molar-refractivity contribution in [2.75, 3.05) is 4.90 Å². The van der Waals surface area contributed by atoms with Crippen LogP contribution >= 0.6 is 0 Å². The number of amides is 3. The molecule has 24 heavy (non-hydrogen) atoms. The van der Waals surface area contributed by atoms with Crippen molar-refractivity contribution in [2.45, 2.75) is 25.8 Å². The van der Waals surface area contributed by atoms with E-state index < -0.39 is 5.41 Å². The van der Waals surface area contributed by atoms with E-state index in [1.807, 2.05) is 26.0 Å². The molecule has 0 bridgehead atoms. The first-order valence-electron chi connectivity index (χ1n) is 7.81. The molecule has 5 nitrogen and oxygen atoms in total. The second-order valence-electron chi connectivity index (χ2n) is 6.64. The second-order valence-corrected chi connectivity index (χ2v) is 6.64. The van der Waals surface area contributed by atoms with Gasteiger partial charge in [-0.15, -0.1) is 0 Å². The lowest BCUT2D eigenvalue weighted by atomic mass is 9.78. The molecule has 2 aliphatic rings. The number of nitrogens with zero attached hydrogens (tertiary/aromatic N) is 1. The Kier molecular flexibility index (Phi) is 2.91. The van der Waals surface area contributed by atoms with Crippen LogP contribution in [0.4, 0.5) is 5.69 Å². The van der Waals surface area contributed by atoms with Gasteiger partial charge in [-0.1, -0.05) is 18.2 Å². The molecule has 5 heteroatoms. The number of carbonyl (C=O) groups excluding carboxylic acids is 3. The van der Waals surface area contributed by atoms with Gasteiger partial charge in [0.2, 0.25) is 5.91 Å². The number of anilines is 1. The van der Waals surface area contributed by atoms with Gasteiger partial charge in [0.1, 0.15) is 0 Å². The summed E-state index contributed by atoms with van der Waals surface area (Å²) in [5, 5.41) is 2.86. The Morgan fingerprint density at radius 1 is 0.958 bits per heavy atom. The summed E-state index contributed by atoms with van der Waals surface area (Å²) < 4.78 is 0. The quantitative estimate of drug-likeness (QED) is 0.821. The van der Waals surface area contributed by atoms with E-state index in [2.05, 4.69) is 5.32 Å². The van der Waals surface area contributed by atoms with Crippen LogP contribution in [-0.4, -0.2) is 17.7 Å². The molecule has 0 fully saturated rings. The summed E-state index contributed by atoms with van der Waals surface area (Å²) in [4.78, 5) is 38.4. The van der Waals surface area contributed by atoms with Gasteiger partial charge in [-0.2, -0.15) is 0 Å². The highest BCUT2D eigenvalue weighted by Crippen LogP contribution is 2.35. The fraction of sp³-hybridized carbons (Fsp3) is 0.211. The van der Waals surface area contributed by atoms with Gasteiger partial charge in [-0.05, 0) is 49.2 Å². The van der Waals surface area contributed by atoms with Crippen LogP contribution in [-0.2, 0) is 16.8 Å². The Hall–Kier alpha value is -2.95. The SMILES string of the molecule is CC1(C)C(=O)NCc2cc(N3C(=O)c4ccccc4C3=O)ccc21. The standard InChI is InChI=1S/C19H16N2O3/c1-19(2)15-8-7-12(9-11(15)10-20-18(19)24)21-16(22)13-5-3-4-6-14(13)17(21)23/h3-9H,10H2,1-2H3,(H,20,24). The van der Waals surface area contributed by atoms with Crippen LogP contribution < -0.4 is 10.2 Å². The van der Waals surface area contributed by atoms with Crippen LogP contribution in [0.2, 0.25) is 0 Å². The first kappa shape index (κ1) is 14.6. The molecule has 2 aromatic rings. The number of benzene rings is 2. The van der Waals surface area contributed by atoms with E-state index >= 15 is 0 Å². The van der Waals surface area contributed by atoms with E-state index in [1.165, 1.54) is 4.90 Å². The Balaban J connectivity index is 1.79. The van der Waals surface area contributed by atoms with Crippen LogP contribution in [0.3, 0.4) is 0 Å². The van der Waals surface area contributed by atoms with Crippen molar-refractivity contribution in [1.82, 2.24) is 5.32 Å². The molecular weight excluding hydrogens is 304 g/mol. The molecule has 0 saturated carbocycles. The molecule has 0 unspecified atom stereocenters. The molecule has 2 aromatic carbocycles. The number of fused-ring (bicyclic) bond motifs is 2. The van der Waals surface area contributed by atoms with E-state index in [4.69, 9.17) is 0 Å². The number of rotatable bonds is 1. The van der Waals surface area contributed by atoms with Gasteiger partial charge < -0.3 is 5.32 Å². The highest BCUT2D eigenvalue weighted by Gasteiger charge is 2.39. The zero-order chi connectivity index (χ0) is 17.1. The largest absolute Gasteiger partial charge is 0.351 e. The van der Waals surface area contributed by atoms with Gasteiger partial charge in [-0.3, -0.25) is 14.4 Å². The first-order chi connectivity index (χ1) is 11.4. The number of hydrogen-bond acceptors (Lipinski definition) is 3. The molecule has 0 spiro atoms. The fourth-order valence-corrected chi connectivity index (χ4v) is 3.42. The number of carbonyl (C=O) groups is 3. The third kappa shape index (κ3) is 1.84. The van der Waals surface area contributed by atoms with Crippen molar-refractivity contribution in [1.29, 1.82) is 0 Å². The Morgan fingerprint density at radius 2 is 1.58 bits per heavy atom. The number of nitrogens with one attached hydrogen (secondary N) is 1. The zero-order valence-corrected chi connectivity index (χ0v) is 13.4. The fourth-order valence-electron chi connectivity index (χ4n) is 3.42. The maximum absolute atomic E-state index is 12.6. The summed E-state index contributed by atoms with van der Waals surface area (Å²) in [6, 6.07) is 12.2. The number of imide groups is 1. The van der Waals surface area contributed by atoms with Crippen molar-refractivity contribution in [3.8, 4) is 0 Å². The van der Waals surface area contributed by atoms with E-state index in [1.54, 1.807) is 30.3 Å². The van der Waals surface area contributed by atoms with Gasteiger partial charge in [-0.25, -0.2) is 4.90 Å². The number of hydrogen-bond donors (Lipinski definition) is 1. The van der Waals surface area contributed by atoms with Crippen molar-refractivity contribution in [2.24, 2.45) is 0 Å². The molecule has 0 radical (unpaired) electrons. The normalized spacial score (nSPS) is 18.2. The van der Waals surface area contributed by atoms with E-state index in [9.17, 15) is 14.4 Å². The molecule has 2 heterocycles. The second kappa shape index (κ2) is 4.77. The molecule has 2 aliphatic heterocycles. The molecule has 0 aromatic heterocycles. The predicted molar refractivity (Wildman–Crippen MR) is 88.9 cm³/mol. The summed E-state index contributed by atoms with van der Waals surface area (Å²) in [7, 11) is 0. The van der Waals surface area contributed by atoms with Crippen molar-refractivity contribution >= 4 is 23.4 Å². The minimum Gasteiger partial charge on any atom is -0.351 e. The maximum atomic E-state index is 12.6. The van der Waals surface area contributed by atoms with Crippen molar-refractivity contribution in [3.05, 3.63) is 64.7 Å². The van der Waals surface area contributed by atoms with Crippen LogP contribution in [0.15, 0.2) is 42.5 Å². The molecule has 1 N–H and O–H groups in total. The monoisotopic (exact) mass is 320 g/mol. The third-order valence-corrected chi connectivity index (χ3v) is 4.82. The summed E-state index contributed by atoms with van der Waals surface area (Å²) in [5.41, 5.74) is 2.60. The molecule has 0 saturated heterocycles. The first-order valence-corrected chi connectivity index (χ1v) is 7.81. The topological polar surface area (TPSA) is 66.5 Å². The summed E-state index contributed by atoms with van der Waals surface area (Å²) in [6.07, 6.45) is 0. The lowest BCUT2D eigenvalue weighted by Crippen LogP contribution is -2.44. The Morgan fingerprint density at radius 3 is 2.21 bits per heavy atom. The average molecular weight is 320 g/mol. The van der Waals surface area contributed by atoms with Gasteiger partial charge in [0.25, 0.3) is 11.8 Å². The van der Waals surface area contributed by atoms with E-state index in [0.717, 1.165) is 11.1 Å². The minimum atomic E-state index is -0.631.